The highest BCUT2D eigenvalue weighted by atomic mass is 15.1. The van der Waals surface area contributed by atoms with Crippen LogP contribution in [0.4, 0.5) is 11.5 Å². The van der Waals surface area contributed by atoms with Crippen molar-refractivity contribution in [1.29, 1.82) is 0 Å². The number of aryl methyl sites for hydroxylation is 1. The smallest absolute Gasteiger partial charge is 0.222 e. The molecule has 1 aromatic carbocycles. The van der Waals surface area contributed by atoms with E-state index in [9.17, 15) is 0 Å². The van der Waals surface area contributed by atoms with Gasteiger partial charge in [-0.25, -0.2) is 4.98 Å². The number of hydrogen-bond acceptors (Lipinski definition) is 4. The number of hydrogen-bond donors (Lipinski definition) is 2. The lowest BCUT2D eigenvalue weighted by atomic mass is 10.0. The molecule has 0 atom stereocenters. The number of nitrogens with one attached hydrogen (secondary N) is 2. The van der Waals surface area contributed by atoms with Gasteiger partial charge in [-0.3, -0.25) is 0 Å². The average molecular weight is 320 g/mol. The molecular weight excluding hydrogens is 295 g/mol. The topological polar surface area (TPSA) is 40.2 Å². The number of rotatable bonds is 6. The van der Waals surface area contributed by atoms with Crippen molar-refractivity contribution in [2.24, 2.45) is 0 Å². The van der Waals surface area contributed by atoms with Crippen LogP contribution in [0.2, 0.25) is 0 Å². The number of nitrogens with zero attached hydrogens (tertiary/aromatic N) is 2. The molecular formula is C19H25BN4. The first-order valence-electron chi connectivity index (χ1n) is 8.70. The molecule has 5 heteroatoms. The van der Waals surface area contributed by atoms with Gasteiger partial charge in [0, 0.05) is 37.6 Å². The van der Waals surface area contributed by atoms with Gasteiger partial charge in [0.15, 0.2) is 0 Å². The fourth-order valence-electron chi connectivity index (χ4n) is 3.22. The van der Waals surface area contributed by atoms with Crippen LogP contribution in [0.3, 0.4) is 0 Å². The van der Waals surface area contributed by atoms with Crippen molar-refractivity contribution in [3.05, 3.63) is 53.7 Å². The third-order valence-electron chi connectivity index (χ3n) is 4.72. The van der Waals surface area contributed by atoms with Gasteiger partial charge < -0.3 is 15.4 Å². The molecule has 124 valence electrons. The third kappa shape index (κ3) is 4.51. The van der Waals surface area contributed by atoms with E-state index in [1.165, 1.54) is 11.1 Å². The van der Waals surface area contributed by atoms with E-state index in [1.54, 1.807) is 0 Å². The van der Waals surface area contributed by atoms with Gasteiger partial charge in [-0.1, -0.05) is 24.3 Å². The maximum atomic E-state index is 5.58. The summed E-state index contributed by atoms with van der Waals surface area (Å²) in [7, 11) is 5.58. The first kappa shape index (κ1) is 16.8. The van der Waals surface area contributed by atoms with E-state index >= 15 is 0 Å². The lowest BCUT2D eigenvalue weighted by Gasteiger charge is -2.32. The van der Waals surface area contributed by atoms with Crippen LogP contribution >= 0.6 is 0 Å². The third-order valence-corrected chi connectivity index (χ3v) is 4.72. The summed E-state index contributed by atoms with van der Waals surface area (Å²) in [5, 5.41) is 6.34. The fraction of sp³-hybridized carbons (Fsp3) is 0.421. The van der Waals surface area contributed by atoms with Crippen LogP contribution in [0.15, 0.2) is 42.6 Å². The lowest BCUT2D eigenvalue weighted by Crippen LogP contribution is -2.40. The molecule has 24 heavy (non-hydrogen) atoms. The van der Waals surface area contributed by atoms with Gasteiger partial charge in [0.25, 0.3) is 0 Å². The molecule has 1 aliphatic rings. The quantitative estimate of drug-likeness (QED) is 0.803. The maximum Gasteiger partial charge on any atom is 0.222 e. The second-order valence-electron chi connectivity index (χ2n) is 6.53. The Kier molecular flexibility index (Phi) is 5.75. The van der Waals surface area contributed by atoms with Crippen LogP contribution in [-0.2, 0) is 6.42 Å². The Morgan fingerprint density at radius 3 is 2.67 bits per heavy atom. The zero-order valence-corrected chi connectivity index (χ0v) is 14.3. The van der Waals surface area contributed by atoms with E-state index in [0.717, 1.165) is 50.4 Å². The SMILES string of the molecule is [B]Nc1ccccc1CCN1CCC(Nc2ccc(C)cn2)CC1. The number of pyridine rings is 1. The largest absolute Gasteiger partial charge is 0.437 e. The molecule has 0 aliphatic carbocycles. The first-order chi connectivity index (χ1) is 11.7. The standard InChI is InChI=1S/C19H25BN4/c1-15-6-7-19(21-14-15)22-17-9-12-24(13-10-17)11-8-16-4-2-3-5-18(16)23-20/h2-7,14,17,23H,8-13H2,1H3,(H,21,22). The molecule has 1 fully saturated rings. The summed E-state index contributed by atoms with van der Waals surface area (Å²) in [4.78, 5) is 6.98. The number of para-hydroxylation sites is 1. The summed E-state index contributed by atoms with van der Waals surface area (Å²) in [6.45, 7) is 5.39. The molecule has 4 nitrogen and oxygen atoms in total. The van der Waals surface area contributed by atoms with Crippen molar-refractivity contribution in [2.75, 3.05) is 30.2 Å². The van der Waals surface area contributed by atoms with Gasteiger partial charge in [-0.15, -0.1) is 0 Å². The molecule has 0 unspecified atom stereocenters. The van der Waals surface area contributed by atoms with Crippen LogP contribution in [0, 0.1) is 6.92 Å². The molecule has 2 N–H and O–H groups in total. The molecule has 1 aromatic heterocycles. The predicted molar refractivity (Wildman–Crippen MR) is 102 cm³/mol. The molecule has 2 aromatic rings. The molecule has 0 amide bonds. The second-order valence-corrected chi connectivity index (χ2v) is 6.53. The summed E-state index contributed by atoms with van der Waals surface area (Å²) in [6.07, 6.45) is 5.26. The van der Waals surface area contributed by atoms with E-state index in [0.29, 0.717) is 6.04 Å². The number of anilines is 2. The molecule has 0 bridgehead atoms. The lowest BCUT2D eigenvalue weighted by molar-refractivity contribution is 0.221. The Balaban J connectivity index is 1.44. The molecule has 1 saturated heterocycles. The van der Waals surface area contributed by atoms with E-state index < -0.39 is 0 Å². The molecule has 2 heterocycles. The maximum absolute atomic E-state index is 5.58. The summed E-state index contributed by atoms with van der Waals surface area (Å²) in [5.74, 6) is 0.988. The van der Waals surface area contributed by atoms with E-state index in [1.807, 2.05) is 18.3 Å². The predicted octanol–water partition coefficient (Wildman–Crippen LogP) is 3.00. The van der Waals surface area contributed by atoms with Crippen LogP contribution < -0.4 is 10.5 Å². The summed E-state index contributed by atoms with van der Waals surface area (Å²) in [6, 6.07) is 12.9. The summed E-state index contributed by atoms with van der Waals surface area (Å²) < 4.78 is 0. The minimum Gasteiger partial charge on any atom is -0.437 e. The highest BCUT2D eigenvalue weighted by Gasteiger charge is 2.19. The van der Waals surface area contributed by atoms with Gasteiger partial charge in [0.05, 0.1) is 0 Å². The number of piperidine rings is 1. The molecule has 1 aliphatic heterocycles. The van der Waals surface area contributed by atoms with E-state index in [-0.39, 0.29) is 0 Å². The van der Waals surface area contributed by atoms with Gasteiger partial charge in [-0.2, -0.15) is 0 Å². The van der Waals surface area contributed by atoms with Crippen LogP contribution in [0.25, 0.3) is 0 Å². The zero-order valence-electron chi connectivity index (χ0n) is 14.3. The fourth-order valence-corrected chi connectivity index (χ4v) is 3.22. The van der Waals surface area contributed by atoms with Gasteiger partial charge >= 0.3 is 0 Å². The first-order valence-corrected chi connectivity index (χ1v) is 8.70. The van der Waals surface area contributed by atoms with Crippen LogP contribution in [-0.4, -0.2) is 43.5 Å². The Hall–Kier alpha value is -2.01. The van der Waals surface area contributed by atoms with Crippen molar-refractivity contribution in [1.82, 2.24) is 9.88 Å². The average Bonchev–Trinajstić information content (AvgIpc) is 2.63. The van der Waals surface area contributed by atoms with Crippen molar-refractivity contribution in [3.63, 3.8) is 0 Å². The minimum absolute atomic E-state index is 0.523. The van der Waals surface area contributed by atoms with Crippen molar-refractivity contribution >= 4 is 19.5 Å². The monoisotopic (exact) mass is 320 g/mol. The Morgan fingerprint density at radius 2 is 1.96 bits per heavy atom. The minimum atomic E-state index is 0.523. The highest BCUT2D eigenvalue weighted by Crippen LogP contribution is 2.18. The van der Waals surface area contributed by atoms with Crippen molar-refractivity contribution in [2.45, 2.75) is 32.2 Å². The molecule has 2 radical (unpaired) electrons. The van der Waals surface area contributed by atoms with Crippen molar-refractivity contribution in [3.8, 4) is 0 Å². The molecule has 0 spiro atoms. The van der Waals surface area contributed by atoms with Crippen LogP contribution in [0.1, 0.15) is 24.0 Å². The Labute approximate surface area is 146 Å². The number of aromatic nitrogens is 1. The van der Waals surface area contributed by atoms with Gasteiger partial charge in [0.1, 0.15) is 5.82 Å². The van der Waals surface area contributed by atoms with E-state index in [2.05, 4.69) is 51.6 Å². The number of benzene rings is 1. The molecule has 0 saturated carbocycles. The second kappa shape index (κ2) is 8.20. The Bertz CT molecular complexity index is 636. The van der Waals surface area contributed by atoms with Gasteiger partial charge in [-0.05, 0) is 49.4 Å². The van der Waals surface area contributed by atoms with Crippen molar-refractivity contribution < 1.29 is 0 Å². The summed E-state index contributed by atoms with van der Waals surface area (Å²) in [5.41, 5.74) is 3.51. The summed E-state index contributed by atoms with van der Waals surface area (Å²) >= 11 is 0. The van der Waals surface area contributed by atoms with E-state index in [4.69, 9.17) is 7.98 Å². The highest BCUT2D eigenvalue weighted by molar-refractivity contribution is 6.16. The number of likely N-dealkylation sites (tertiary alicyclic amines) is 1. The van der Waals surface area contributed by atoms with Crippen LogP contribution in [0.5, 0.6) is 0 Å². The zero-order chi connectivity index (χ0) is 16.8. The normalized spacial score (nSPS) is 16.0. The van der Waals surface area contributed by atoms with Gasteiger partial charge in [0.2, 0.25) is 7.98 Å². The molecule has 3 rings (SSSR count). The Morgan fingerprint density at radius 1 is 1.17 bits per heavy atom.